The van der Waals surface area contributed by atoms with Crippen LogP contribution in [0.3, 0.4) is 0 Å². The Morgan fingerprint density at radius 1 is 1.28 bits per heavy atom. The third-order valence-electron chi connectivity index (χ3n) is 4.74. The number of hydrogen-bond acceptors (Lipinski definition) is 5. The lowest BCUT2D eigenvalue weighted by atomic mass is 9.77. The van der Waals surface area contributed by atoms with E-state index in [9.17, 15) is 4.79 Å². The average molecular weight is 340 g/mol. The summed E-state index contributed by atoms with van der Waals surface area (Å²) in [6.07, 6.45) is 1.86. The summed E-state index contributed by atoms with van der Waals surface area (Å²) in [5.41, 5.74) is 1.55. The van der Waals surface area contributed by atoms with Crippen molar-refractivity contribution in [3.05, 3.63) is 40.9 Å². The first-order valence-corrected chi connectivity index (χ1v) is 8.41. The van der Waals surface area contributed by atoms with Crippen molar-refractivity contribution in [1.29, 1.82) is 5.26 Å². The normalized spacial score (nSPS) is 18.9. The summed E-state index contributed by atoms with van der Waals surface area (Å²) in [5, 5.41) is 11.8. The SMILES string of the molecule is CNCC(=Cc1cccc(C(=O)CC#N)c1)B1OC(C)(C)C(C)(C)O1. The molecule has 6 heteroatoms. The average Bonchev–Trinajstić information content (AvgIpc) is 2.75. The molecule has 1 aromatic rings. The maximum Gasteiger partial charge on any atom is 0.491 e. The van der Waals surface area contributed by atoms with E-state index in [0.717, 1.165) is 11.0 Å². The molecule has 0 aliphatic carbocycles. The predicted molar refractivity (Wildman–Crippen MR) is 99.0 cm³/mol. The zero-order valence-corrected chi connectivity index (χ0v) is 15.6. The number of rotatable bonds is 6. The fourth-order valence-electron chi connectivity index (χ4n) is 2.59. The Hall–Kier alpha value is -1.94. The van der Waals surface area contributed by atoms with Gasteiger partial charge in [0.15, 0.2) is 5.78 Å². The van der Waals surface area contributed by atoms with Crippen LogP contribution in [0.25, 0.3) is 6.08 Å². The molecule has 0 amide bonds. The van der Waals surface area contributed by atoms with Gasteiger partial charge >= 0.3 is 7.12 Å². The van der Waals surface area contributed by atoms with E-state index in [1.54, 1.807) is 12.1 Å². The minimum Gasteiger partial charge on any atom is -0.400 e. The van der Waals surface area contributed by atoms with Gasteiger partial charge < -0.3 is 14.6 Å². The van der Waals surface area contributed by atoms with Crippen LogP contribution in [-0.2, 0) is 9.31 Å². The van der Waals surface area contributed by atoms with Gasteiger partial charge in [-0.15, -0.1) is 0 Å². The lowest BCUT2D eigenvalue weighted by molar-refractivity contribution is 0.00578. The zero-order chi connectivity index (χ0) is 18.7. The molecule has 0 saturated carbocycles. The zero-order valence-electron chi connectivity index (χ0n) is 15.6. The molecule has 0 unspecified atom stereocenters. The molecule has 1 aliphatic rings. The van der Waals surface area contributed by atoms with Crippen LogP contribution in [0.2, 0.25) is 0 Å². The van der Waals surface area contributed by atoms with Gasteiger partial charge in [-0.2, -0.15) is 5.26 Å². The molecular formula is C19H25BN2O3. The Morgan fingerprint density at radius 3 is 2.48 bits per heavy atom. The predicted octanol–water partition coefficient (Wildman–Crippen LogP) is 3.02. The van der Waals surface area contributed by atoms with E-state index in [1.165, 1.54) is 0 Å². The fraction of sp³-hybridized carbons (Fsp3) is 0.474. The summed E-state index contributed by atoms with van der Waals surface area (Å²) in [4.78, 5) is 11.9. The molecule has 25 heavy (non-hydrogen) atoms. The number of nitriles is 1. The van der Waals surface area contributed by atoms with Gasteiger partial charge in [-0.3, -0.25) is 4.79 Å². The topological polar surface area (TPSA) is 71.4 Å². The first-order valence-electron chi connectivity index (χ1n) is 8.41. The molecule has 5 nitrogen and oxygen atoms in total. The Labute approximate surface area is 150 Å². The highest BCUT2D eigenvalue weighted by Gasteiger charge is 2.52. The van der Waals surface area contributed by atoms with Gasteiger partial charge in [0.25, 0.3) is 0 Å². The van der Waals surface area contributed by atoms with Gasteiger partial charge in [0.2, 0.25) is 0 Å². The van der Waals surface area contributed by atoms with Gasteiger partial charge in [-0.05, 0) is 51.8 Å². The second-order valence-electron chi connectivity index (χ2n) is 7.22. The molecule has 1 heterocycles. The molecule has 0 radical (unpaired) electrons. The van der Waals surface area contributed by atoms with Crippen LogP contribution in [0.4, 0.5) is 0 Å². The molecule has 1 aromatic carbocycles. The largest absolute Gasteiger partial charge is 0.491 e. The summed E-state index contributed by atoms with van der Waals surface area (Å²) < 4.78 is 12.3. The molecule has 1 fully saturated rings. The maximum absolute atomic E-state index is 11.9. The van der Waals surface area contributed by atoms with Crippen molar-refractivity contribution in [3.63, 3.8) is 0 Å². The van der Waals surface area contributed by atoms with Crippen LogP contribution in [-0.4, -0.2) is 37.7 Å². The summed E-state index contributed by atoms with van der Waals surface area (Å²) in [5.74, 6) is -0.177. The molecule has 1 aliphatic heterocycles. The second-order valence-corrected chi connectivity index (χ2v) is 7.22. The van der Waals surface area contributed by atoms with Gasteiger partial charge in [-0.25, -0.2) is 0 Å². The Bertz CT molecular complexity index is 704. The second kappa shape index (κ2) is 7.53. The van der Waals surface area contributed by atoms with Gasteiger partial charge in [0, 0.05) is 12.1 Å². The molecule has 132 valence electrons. The Kier molecular flexibility index (Phi) is 5.84. The summed E-state index contributed by atoms with van der Waals surface area (Å²) in [6.45, 7) is 8.68. The number of carbonyl (C=O) groups is 1. The number of likely N-dealkylation sites (N-methyl/N-ethyl adjacent to an activating group) is 1. The van der Waals surface area contributed by atoms with Crippen LogP contribution in [0.1, 0.15) is 50.0 Å². The van der Waals surface area contributed by atoms with Crippen LogP contribution in [0, 0.1) is 11.3 Å². The molecule has 0 bridgehead atoms. The van der Waals surface area contributed by atoms with Crippen molar-refractivity contribution >= 4 is 19.0 Å². The minimum atomic E-state index is -0.448. The van der Waals surface area contributed by atoms with Crippen molar-refractivity contribution in [3.8, 4) is 6.07 Å². The van der Waals surface area contributed by atoms with E-state index in [0.29, 0.717) is 12.1 Å². The van der Waals surface area contributed by atoms with Crippen LogP contribution in [0.5, 0.6) is 0 Å². The van der Waals surface area contributed by atoms with Crippen LogP contribution in [0.15, 0.2) is 29.7 Å². The quantitative estimate of drug-likeness (QED) is 0.637. The highest BCUT2D eigenvalue weighted by molar-refractivity contribution is 6.55. The van der Waals surface area contributed by atoms with E-state index in [4.69, 9.17) is 14.6 Å². The molecule has 2 rings (SSSR count). The standard InChI is InChI=1S/C19H25BN2O3/c1-18(2)19(3,4)25-20(24-18)16(13-22-5)12-14-7-6-8-15(11-14)17(23)9-10-21/h6-8,11-12,22H,9,13H2,1-5H3. The van der Waals surface area contributed by atoms with Crippen LogP contribution >= 0.6 is 0 Å². The highest BCUT2D eigenvalue weighted by Crippen LogP contribution is 2.38. The van der Waals surface area contributed by atoms with Gasteiger partial charge in [-0.1, -0.05) is 24.3 Å². The first-order chi connectivity index (χ1) is 11.7. The fourth-order valence-corrected chi connectivity index (χ4v) is 2.59. The number of Topliss-reactive ketones (excluding diaryl/α,β-unsaturated/α-hetero) is 1. The van der Waals surface area contributed by atoms with Crippen molar-refractivity contribution < 1.29 is 14.1 Å². The molecule has 1 saturated heterocycles. The van der Waals surface area contributed by atoms with Crippen molar-refractivity contribution in [1.82, 2.24) is 5.32 Å². The van der Waals surface area contributed by atoms with E-state index in [-0.39, 0.29) is 12.2 Å². The summed E-state index contributed by atoms with van der Waals surface area (Å²) >= 11 is 0. The van der Waals surface area contributed by atoms with Crippen molar-refractivity contribution in [2.24, 2.45) is 0 Å². The number of benzene rings is 1. The van der Waals surface area contributed by atoms with Crippen molar-refractivity contribution in [2.75, 3.05) is 13.6 Å². The van der Waals surface area contributed by atoms with E-state index >= 15 is 0 Å². The van der Waals surface area contributed by atoms with E-state index in [1.807, 2.05) is 59.0 Å². The smallest absolute Gasteiger partial charge is 0.400 e. The minimum absolute atomic E-state index is 0.117. The maximum atomic E-state index is 11.9. The van der Waals surface area contributed by atoms with Crippen LogP contribution < -0.4 is 5.32 Å². The number of hydrogen-bond donors (Lipinski definition) is 1. The van der Waals surface area contributed by atoms with E-state index < -0.39 is 18.3 Å². The molecule has 0 spiro atoms. The lowest BCUT2D eigenvalue weighted by Gasteiger charge is -2.32. The summed E-state index contributed by atoms with van der Waals surface area (Å²) in [6, 6.07) is 9.15. The Balaban J connectivity index is 2.31. The molecule has 0 atom stereocenters. The Morgan fingerprint density at radius 2 is 1.92 bits per heavy atom. The number of nitrogens with zero attached hydrogens (tertiary/aromatic N) is 1. The number of carbonyl (C=O) groups excluding carboxylic acids is 1. The third-order valence-corrected chi connectivity index (χ3v) is 4.74. The first kappa shape index (κ1) is 19.4. The van der Waals surface area contributed by atoms with Gasteiger partial charge in [0.1, 0.15) is 0 Å². The highest BCUT2D eigenvalue weighted by atomic mass is 16.7. The van der Waals surface area contributed by atoms with Crippen molar-refractivity contribution in [2.45, 2.75) is 45.3 Å². The van der Waals surface area contributed by atoms with E-state index in [2.05, 4.69) is 5.32 Å². The monoisotopic (exact) mass is 340 g/mol. The molecule has 1 N–H and O–H groups in total. The molecule has 0 aromatic heterocycles. The lowest BCUT2D eigenvalue weighted by Crippen LogP contribution is -2.41. The molecular weight excluding hydrogens is 315 g/mol. The number of nitrogens with one attached hydrogen (secondary N) is 1. The van der Waals surface area contributed by atoms with Gasteiger partial charge in [0.05, 0.1) is 23.7 Å². The third kappa shape index (κ3) is 4.37. The summed E-state index contributed by atoms with van der Waals surface area (Å²) in [7, 11) is 1.42. The number of ketones is 1.